The van der Waals surface area contributed by atoms with Gasteiger partial charge >= 0.3 is 0 Å². The number of carbonyl (C=O) groups is 2. The Morgan fingerprint density at radius 3 is 2.44 bits per heavy atom. The molecule has 0 heterocycles. The molecule has 0 saturated heterocycles. The summed E-state index contributed by atoms with van der Waals surface area (Å²) >= 11 is 7.17. The van der Waals surface area contributed by atoms with Gasteiger partial charge < -0.3 is 4.74 Å². The van der Waals surface area contributed by atoms with E-state index in [1.165, 1.54) is 5.56 Å². The van der Waals surface area contributed by atoms with Crippen molar-refractivity contribution in [2.45, 2.75) is 20.3 Å². The van der Waals surface area contributed by atoms with Crippen molar-refractivity contribution < 1.29 is 14.3 Å². The quantitative estimate of drug-likeness (QED) is 0.337. The largest absolute Gasteiger partial charge is 0.484 e. The summed E-state index contributed by atoms with van der Waals surface area (Å²) in [5.41, 5.74) is 7.63. The molecule has 2 amide bonds. The van der Waals surface area contributed by atoms with E-state index in [0.717, 1.165) is 15.6 Å². The molecule has 0 unspecified atom stereocenters. The number of hydrazine groups is 1. The van der Waals surface area contributed by atoms with Gasteiger partial charge in [0, 0.05) is 9.13 Å². The topological polar surface area (TPSA) is 79.5 Å². The number of hydrogen-bond donors (Lipinski definition) is 3. The molecule has 0 saturated carbocycles. The molecule has 142 valence electrons. The molecule has 0 atom stereocenters. The van der Waals surface area contributed by atoms with Crippen LogP contribution in [0.3, 0.4) is 0 Å². The maximum Gasteiger partial charge on any atom is 0.276 e. The van der Waals surface area contributed by atoms with Gasteiger partial charge in [-0.3, -0.25) is 25.8 Å². The Balaban J connectivity index is 1.74. The molecule has 0 aliphatic carbocycles. The summed E-state index contributed by atoms with van der Waals surface area (Å²) in [5, 5.41) is 2.50. The predicted molar refractivity (Wildman–Crippen MR) is 117 cm³/mol. The van der Waals surface area contributed by atoms with E-state index in [1.807, 2.05) is 37.3 Å². The van der Waals surface area contributed by atoms with Crippen LogP contribution in [0.2, 0.25) is 0 Å². The number of rotatable bonds is 5. The number of carbonyl (C=O) groups excluding carboxylic acids is 2. The van der Waals surface area contributed by atoms with Crippen LogP contribution in [0.15, 0.2) is 42.5 Å². The van der Waals surface area contributed by atoms with Crippen LogP contribution >= 0.6 is 34.8 Å². The molecule has 0 fully saturated rings. The van der Waals surface area contributed by atoms with E-state index in [-0.39, 0.29) is 17.6 Å². The lowest BCUT2D eigenvalue weighted by atomic mass is 10.1. The molecule has 0 spiro atoms. The van der Waals surface area contributed by atoms with Crippen LogP contribution in [-0.4, -0.2) is 23.5 Å². The minimum Gasteiger partial charge on any atom is -0.484 e. The third-order valence-electron chi connectivity index (χ3n) is 3.68. The molecule has 2 aromatic carbocycles. The highest BCUT2D eigenvalue weighted by molar-refractivity contribution is 14.1. The van der Waals surface area contributed by atoms with E-state index in [4.69, 9.17) is 17.0 Å². The van der Waals surface area contributed by atoms with E-state index in [2.05, 4.69) is 45.7 Å². The van der Waals surface area contributed by atoms with Crippen LogP contribution in [0.4, 0.5) is 0 Å². The van der Waals surface area contributed by atoms with Crippen molar-refractivity contribution in [3.8, 4) is 5.75 Å². The lowest BCUT2D eigenvalue weighted by Crippen LogP contribution is -2.49. The first-order chi connectivity index (χ1) is 12.9. The zero-order chi connectivity index (χ0) is 19.8. The van der Waals surface area contributed by atoms with Gasteiger partial charge in [0.15, 0.2) is 11.7 Å². The summed E-state index contributed by atoms with van der Waals surface area (Å²) in [6, 6.07) is 12.9. The fraction of sp³-hybridized carbons (Fsp3) is 0.211. The van der Waals surface area contributed by atoms with Gasteiger partial charge in [-0.2, -0.15) is 0 Å². The standard InChI is InChI=1S/C19H20IN3O3S/c1-3-13-5-8-15(9-6-13)26-11-17(24)22-23-19(27)21-18(25)14-7-4-12(2)16(20)10-14/h4-10H,3,11H2,1-2H3,(H,22,24)(H2,21,23,25,27). The molecule has 3 N–H and O–H groups in total. The summed E-state index contributed by atoms with van der Waals surface area (Å²) in [6.45, 7) is 3.85. The number of thiocarbonyl (C=S) groups is 1. The molecule has 6 nitrogen and oxygen atoms in total. The lowest BCUT2D eigenvalue weighted by molar-refractivity contribution is -0.123. The molecular formula is C19H20IN3O3S. The van der Waals surface area contributed by atoms with Gasteiger partial charge in [0.25, 0.3) is 11.8 Å². The van der Waals surface area contributed by atoms with Crippen LogP contribution in [-0.2, 0) is 11.2 Å². The molecule has 0 bridgehead atoms. The number of halogens is 1. The van der Waals surface area contributed by atoms with Gasteiger partial charge in [-0.05, 0) is 83.5 Å². The van der Waals surface area contributed by atoms with Crippen LogP contribution in [0, 0.1) is 10.5 Å². The summed E-state index contributed by atoms with van der Waals surface area (Å²) in [5.74, 6) is -0.171. The Kier molecular flexibility index (Phi) is 7.99. The second-order valence-electron chi connectivity index (χ2n) is 5.71. The smallest absolute Gasteiger partial charge is 0.276 e. The molecule has 27 heavy (non-hydrogen) atoms. The summed E-state index contributed by atoms with van der Waals surface area (Å²) < 4.78 is 6.37. The van der Waals surface area contributed by atoms with Crippen molar-refractivity contribution in [1.29, 1.82) is 0 Å². The van der Waals surface area contributed by atoms with Crippen LogP contribution < -0.4 is 20.9 Å². The van der Waals surface area contributed by atoms with Gasteiger partial charge in [-0.1, -0.05) is 25.1 Å². The minimum absolute atomic E-state index is 0.00349. The van der Waals surface area contributed by atoms with Crippen molar-refractivity contribution in [3.63, 3.8) is 0 Å². The zero-order valence-corrected chi connectivity index (χ0v) is 17.9. The highest BCUT2D eigenvalue weighted by Gasteiger charge is 2.10. The van der Waals surface area contributed by atoms with Gasteiger partial charge in [0.05, 0.1) is 0 Å². The SMILES string of the molecule is CCc1ccc(OCC(=O)NNC(=S)NC(=O)c2ccc(C)c(I)c2)cc1. The highest BCUT2D eigenvalue weighted by Crippen LogP contribution is 2.13. The third-order valence-corrected chi connectivity index (χ3v) is 5.04. The molecule has 0 aliphatic rings. The number of nitrogens with one attached hydrogen (secondary N) is 3. The van der Waals surface area contributed by atoms with E-state index in [1.54, 1.807) is 12.1 Å². The fourth-order valence-corrected chi connectivity index (χ4v) is 2.73. The second kappa shape index (κ2) is 10.2. The van der Waals surface area contributed by atoms with Gasteiger partial charge in [-0.25, -0.2) is 0 Å². The van der Waals surface area contributed by atoms with Crippen molar-refractivity contribution in [2.75, 3.05) is 6.61 Å². The normalized spacial score (nSPS) is 10.0. The Bertz CT molecular complexity index is 841. The Morgan fingerprint density at radius 1 is 1.11 bits per heavy atom. The molecule has 0 aromatic heterocycles. The lowest BCUT2D eigenvalue weighted by Gasteiger charge is -2.12. The maximum absolute atomic E-state index is 12.1. The van der Waals surface area contributed by atoms with Crippen LogP contribution in [0.1, 0.15) is 28.4 Å². The van der Waals surface area contributed by atoms with E-state index < -0.39 is 5.91 Å². The van der Waals surface area contributed by atoms with Crippen molar-refractivity contribution in [3.05, 3.63) is 62.7 Å². The number of aryl methyl sites for hydroxylation is 2. The molecular weight excluding hydrogens is 477 g/mol. The molecule has 2 aromatic rings. The minimum atomic E-state index is -0.420. The summed E-state index contributed by atoms with van der Waals surface area (Å²) in [4.78, 5) is 24.0. The summed E-state index contributed by atoms with van der Waals surface area (Å²) in [6.07, 6.45) is 0.940. The third kappa shape index (κ3) is 6.79. The monoisotopic (exact) mass is 497 g/mol. The van der Waals surface area contributed by atoms with Gasteiger partial charge in [-0.15, -0.1) is 0 Å². The van der Waals surface area contributed by atoms with Crippen LogP contribution in [0.25, 0.3) is 0 Å². The molecule has 8 heteroatoms. The van der Waals surface area contributed by atoms with Crippen LogP contribution in [0.5, 0.6) is 5.75 Å². The van der Waals surface area contributed by atoms with Gasteiger partial charge in [0.1, 0.15) is 5.75 Å². The molecule has 0 radical (unpaired) electrons. The summed E-state index contributed by atoms with van der Waals surface area (Å²) in [7, 11) is 0. The molecule has 2 rings (SSSR count). The first-order valence-electron chi connectivity index (χ1n) is 8.27. The first-order valence-corrected chi connectivity index (χ1v) is 9.75. The first kappa shape index (κ1) is 21.1. The number of ether oxygens (including phenoxy) is 1. The van der Waals surface area contributed by atoms with Crippen molar-refractivity contribution in [1.82, 2.24) is 16.2 Å². The predicted octanol–water partition coefficient (Wildman–Crippen LogP) is 2.88. The average molecular weight is 497 g/mol. The van der Waals surface area contributed by atoms with Crippen molar-refractivity contribution in [2.24, 2.45) is 0 Å². The van der Waals surface area contributed by atoms with Crippen molar-refractivity contribution >= 4 is 51.7 Å². The van der Waals surface area contributed by atoms with E-state index in [0.29, 0.717) is 11.3 Å². The second-order valence-corrected chi connectivity index (χ2v) is 7.28. The zero-order valence-electron chi connectivity index (χ0n) is 15.0. The average Bonchev–Trinajstić information content (AvgIpc) is 2.67. The van der Waals surface area contributed by atoms with E-state index in [9.17, 15) is 9.59 Å². The highest BCUT2D eigenvalue weighted by atomic mass is 127. The Hall–Kier alpha value is -2.20. The molecule has 0 aliphatic heterocycles. The Morgan fingerprint density at radius 2 is 1.81 bits per heavy atom. The van der Waals surface area contributed by atoms with Gasteiger partial charge in [0.2, 0.25) is 0 Å². The fourth-order valence-electron chi connectivity index (χ4n) is 2.07. The van der Waals surface area contributed by atoms with E-state index >= 15 is 0 Å². The number of benzene rings is 2. The number of hydrogen-bond acceptors (Lipinski definition) is 4. The number of amides is 2. The Labute approximate surface area is 177 Å². The maximum atomic E-state index is 12.1.